The second-order valence-electron chi connectivity index (χ2n) is 2.54. The molecule has 0 saturated carbocycles. The second-order valence-corrected chi connectivity index (χ2v) is 2.54. The predicted octanol–water partition coefficient (Wildman–Crippen LogP) is -1.39. The highest BCUT2D eigenvalue weighted by atomic mass is 16.4. The van der Waals surface area contributed by atoms with Crippen molar-refractivity contribution in [2.24, 2.45) is 11.5 Å². The number of carbonyl (C=O) groups is 1. The number of carboxylic acids is 1. The lowest BCUT2D eigenvalue weighted by atomic mass is 10.2. The van der Waals surface area contributed by atoms with E-state index < -0.39 is 12.0 Å². The Morgan fingerprint density at radius 2 is 2.25 bits per heavy atom. The summed E-state index contributed by atoms with van der Waals surface area (Å²) in [6.07, 6.45) is 0.283. The largest absolute Gasteiger partial charge is 0.480 e. The van der Waals surface area contributed by atoms with Crippen LogP contribution in [0.2, 0.25) is 0 Å². The standard InChI is InChI=1S/C6H14N4O2/c1-10(6(8)9)3-2-4(7)5(11)12/h4H,2-3,7H2,1H3,(H3,8,9)(H,11,12). The van der Waals surface area contributed by atoms with E-state index >= 15 is 0 Å². The minimum absolute atomic E-state index is 0.0902. The van der Waals surface area contributed by atoms with Gasteiger partial charge in [0.05, 0.1) is 0 Å². The van der Waals surface area contributed by atoms with Crippen LogP contribution in [-0.4, -0.2) is 41.6 Å². The maximum absolute atomic E-state index is 10.3. The fourth-order valence-electron chi connectivity index (χ4n) is 0.577. The summed E-state index contributed by atoms with van der Waals surface area (Å²) in [4.78, 5) is 11.7. The van der Waals surface area contributed by atoms with E-state index in [0.29, 0.717) is 6.54 Å². The first-order valence-corrected chi connectivity index (χ1v) is 3.48. The lowest BCUT2D eigenvalue weighted by Crippen LogP contribution is -2.38. The molecule has 6 nitrogen and oxygen atoms in total. The first-order chi connectivity index (χ1) is 5.45. The van der Waals surface area contributed by atoms with E-state index in [9.17, 15) is 4.79 Å². The molecule has 0 fully saturated rings. The van der Waals surface area contributed by atoms with Crippen molar-refractivity contribution in [2.75, 3.05) is 13.6 Å². The summed E-state index contributed by atoms with van der Waals surface area (Å²) in [5, 5.41) is 15.4. The van der Waals surface area contributed by atoms with Crippen LogP contribution in [0.4, 0.5) is 0 Å². The zero-order valence-corrected chi connectivity index (χ0v) is 6.95. The van der Waals surface area contributed by atoms with Crippen LogP contribution in [-0.2, 0) is 4.79 Å². The van der Waals surface area contributed by atoms with E-state index in [2.05, 4.69) is 0 Å². The molecule has 0 amide bonds. The molecule has 0 aromatic carbocycles. The van der Waals surface area contributed by atoms with Crippen LogP contribution in [0.3, 0.4) is 0 Å². The van der Waals surface area contributed by atoms with Gasteiger partial charge in [0.25, 0.3) is 0 Å². The van der Waals surface area contributed by atoms with Gasteiger partial charge in [-0.3, -0.25) is 10.2 Å². The van der Waals surface area contributed by atoms with Gasteiger partial charge in [0, 0.05) is 13.6 Å². The molecule has 0 radical (unpaired) electrons. The monoisotopic (exact) mass is 174 g/mol. The molecular formula is C6H14N4O2. The van der Waals surface area contributed by atoms with E-state index in [1.165, 1.54) is 4.90 Å². The number of rotatable bonds is 4. The average molecular weight is 174 g/mol. The van der Waals surface area contributed by atoms with E-state index in [-0.39, 0.29) is 12.4 Å². The Morgan fingerprint density at radius 1 is 1.75 bits per heavy atom. The smallest absolute Gasteiger partial charge is 0.320 e. The Bertz CT molecular complexity index is 162. The maximum atomic E-state index is 10.3. The Kier molecular flexibility index (Phi) is 4.06. The third-order valence-electron chi connectivity index (χ3n) is 1.50. The lowest BCUT2D eigenvalue weighted by molar-refractivity contribution is -0.138. The minimum atomic E-state index is -1.04. The number of hydrogen-bond donors (Lipinski definition) is 4. The van der Waals surface area contributed by atoms with Crippen molar-refractivity contribution in [3.63, 3.8) is 0 Å². The Labute approximate surface area is 70.6 Å². The predicted molar refractivity (Wildman–Crippen MR) is 44.8 cm³/mol. The molecule has 12 heavy (non-hydrogen) atoms. The average Bonchev–Trinajstić information content (AvgIpc) is 1.98. The number of hydrogen-bond acceptors (Lipinski definition) is 3. The molecule has 0 aliphatic heterocycles. The van der Waals surface area contributed by atoms with Crippen molar-refractivity contribution in [1.82, 2.24) is 4.90 Å². The molecule has 0 aromatic rings. The SMILES string of the molecule is CN(CCC(N)C(=O)O)C(=N)N. The molecule has 6 heteroatoms. The van der Waals surface area contributed by atoms with E-state index in [0.717, 1.165) is 0 Å². The molecule has 0 saturated heterocycles. The Morgan fingerprint density at radius 3 is 2.58 bits per heavy atom. The van der Waals surface area contributed by atoms with Crippen molar-refractivity contribution < 1.29 is 9.90 Å². The van der Waals surface area contributed by atoms with Crippen LogP contribution in [0.1, 0.15) is 6.42 Å². The number of nitrogens with one attached hydrogen (secondary N) is 1. The van der Waals surface area contributed by atoms with Gasteiger partial charge in [0.2, 0.25) is 0 Å². The van der Waals surface area contributed by atoms with Crippen LogP contribution in [0.5, 0.6) is 0 Å². The topological polar surface area (TPSA) is 116 Å². The normalized spacial score (nSPS) is 12.2. The van der Waals surface area contributed by atoms with E-state index in [4.69, 9.17) is 22.0 Å². The molecule has 1 unspecified atom stereocenters. The summed E-state index contributed by atoms with van der Waals surface area (Å²) >= 11 is 0. The number of nitrogens with zero attached hydrogens (tertiary/aromatic N) is 1. The molecule has 0 heterocycles. The first-order valence-electron chi connectivity index (χ1n) is 3.48. The molecule has 1 atom stereocenters. The van der Waals surface area contributed by atoms with Crippen molar-refractivity contribution in [1.29, 1.82) is 5.41 Å². The van der Waals surface area contributed by atoms with Crippen molar-refractivity contribution in [3.8, 4) is 0 Å². The third kappa shape index (κ3) is 3.77. The Balaban J connectivity index is 3.68. The molecular weight excluding hydrogens is 160 g/mol. The fourth-order valence-corrected chi connectivity index (χ4v) is 0.577. The van der Waals surface area contributed by atoms with Gasteiger partial charge in [-0.25, -0.2) is 0 Å². The minimum Gasteiger partial charge on any atom is -0.480 e. The van der Waals surface area contributed by atoms with Gasteiger partial charge in [-0.1, -0.05) is 0 Å². The second kappa shape index (κ2) is 4.55. The van der Waals surface area contributed by atoms with Gasteiger partial charge in [-0.15, -0.1) is 0 Å². The van der Waals surface area contributed by atoms with Gasteiger partial charge >= 0.3 is 5.97 Å². The molecule has 0 aliphatic carbocycles. The first kappa shape index (κ1) is 10.7. The molecule has 0 rings (SSSR count). The zero-order valence-electron chi connectivity index (χ0n) is 6.95. The van der Waals surface area contributed by atoms with Gasteiger partial charge in [0.1, 0.15) is 6.04 Å². The molecule has 0 aromatic heterocycles. The summed E-state index contributed by atoms with van der Waals surface area (Å²) in [5.74, 6) is -1.13. The number of nitrogens with two attached hydrogens (primary N) is 2. The lowest BCUT2D eigenvalue weighted by Gasteiger charge is -2.17. The highest BCUT2D eigenvalue weighted by Crippen LogP contribution is 1.91. The number of aliphatic carboxylic acids is 1. The van der Waals surface area contributed by atoms with E-state index in [1.54, 1.807) is 7.05 Å². The molecule has 70 valence electrons. The third-order valence-corrected chi connectivity index (χ3v) is 1.50. The van der Waals surface area contributed by atoms with E-state index in [1.807, 2.05) is 0 Å². The molecule has 0 spiro atoms. The van der Waals surface area contributed by atoms with Crippen molar-refractivity contribution in [3.05, 3.63) is 0 Å². The summed E-state index contributed by atoms with van der Waals surface area (Å²) in [5.41, 5.74) is 10.3. The maximum Gasteiger partial charge on any atom is 0.320 e. The van der Waals surface area contributed by atoms with Gasteiger partial charge in [-0.05, 0) is 6.42 Å². The summed E-state index contributed by atoms with van der Waals surface area (Å²) < 4.78 is 0. The van der Waals surface area contributed by atoms with Crippen LogP contribution < -0.4 is 11.5 Å². The highest BCUT2D eigenvalue weighted by Gasteiger charge is 2.12. The van der Waals surface area contributed by atoms with Crippen LogP contribution in [0.15, 0.2) is 0 Å². The van der Waals surface area contributed by atoms with Crippen LogP contribution in [0.25, 0.3) is 0 Å². The van der Waals surface area contributed by atoms with Gasteiger partial charge in [0.15, 0.2) is 5.96 Å². The number of carboxylic acid groups (broad SMARTS) is 1. The van der Waals surface area contributed by atoms with Crippen LogP contribution in [0, 0.1) is 5.41 Å². The number of guanidine groups is 1. The summed E-state index contributed by atoms with van der Waals surface area (Å²) in [6.45, 7) is 0.378. The zero-order chi connectivity index (χ0) is 9.72. The van der Waals surface area contributed by atoms with Crippen molar-refractivity contribution in [2.45, 2.75) is 12.5 Å². The molecule has 6 N–H and O–H groups in total. The van der Waals surface area contributed by atoms with Gasteiger partial charge in [-0.2, -0.15) is 0 Å². The molecule has 0 bridgehead atoms. The van der Waals surface area contributed by atoms with Crippen LogP contribution >= 0.6 is 0 Å². The Hall–Kier alpha value is -1.30. The fraction of sp³-hybridized carbons (Fsp3) is 0.667. The van der Waals surface area contributed by atoms with Crippen molar-refractivity contribution >= 4 is 11.9 Å². The summed E-state index contributed by atoms with van der Waals surface area (Å²) in [7, 11) is 1.61. The van der Waals surface area contributed by atoms with Gasteiger partial charge < -0.3 is 21.5 Å². The highest BCUT2D eigenvalue weighted by molar-refractivity contribution is 5.75. The molecule has 0 aliphatic rings. The summed E-state index contributed by atoms with van der Waals surface area (Å²) in [6, 6.07) is -0.883. The quantitative estimate of drug-likeness (QED) is 0.309.